The Morgan fingerprint density at radius 3 is 2.40 bits per heavy atom. The summed E-state index contributed by atoms with van der Waals surface area (Å²) in [7, 11) is 3.17. The number of rotatable bonds is 10. The minimum Gasteiger partial charge on any atom is -0.457 e. The molecule has 2 heterocycles. The predicted octanol–water partition coefficient (Wildman–Crippen LogP) is 4.98. The number of methoxy groups -OCH3 is 1. The van der Waals surface area contributed by atoms with Gasteiger partial charge in [-0.1, -0.05) is 60.1 Å². The fourth-order valence-electron chi connectivity index (χ4n) is 6.57. The highest BCUT2D eigenvalue weighted by Crippen LogP contribution is 2.48. The monoisotopic (exact) mass is 701 g/mol. The van der Waals surface area contributed by atoms with Crippen molar-refractivity contribution in [2.24, 2.45) is 5.92 Å². The Hall–Kier alpha value is -5.33. The van der Waals surface area contributed by atoms with Crippen LogP contribution in [0.2, 0.25) is 5.02 Å². The summed E-state index contributed by atoms with van der Waals surface area (Å²) in [6.07, 6.45) is 2.42. The number of carbonyl (C=O) groups excluding carboxylic acids is 4. The average Bonchev–Trinajstić information content (AvgIpc) is 3.10. The van der Waals surface area contributed by atoms with Gasteiger partial charge in [-0.2, -0.15) is 0 Å². The van der Waals surface area contributed by atoms with Crippen molar-refractivity contribution in [3.05, 3.63) is 134 Å². The topological polar surface area (TPSA) is 133 Å². The zero-order valence-electron chi connectivity index (χ0n) is 27.2. The van der Waals surface area contributed by atoms with Crippen molar-refractivity contribution in [2.75, 3.05) is 27.3 Å². The van der Waals surface area contributed by atoms with Gasteiger partial charge in [0, 0.05) is 45.6 Å². The first-order chi connectivity index (χ1) is 24.0. The van der Waals surface area contributed by atoms with E-state index in [2.05, 4.69) is 5.32 Å². The molecule has 1 aromatic heterocycles. The van der Waals surface area contributed by atoms with E-state index in [0.717, 1.165) is 5.56 Å². The van der Waals surface area contributed by atoms with Gasteiger partial charge in [-0.25, -0.2) is 14.0 Å². The summed E-state index contributed by atoms with van der Waals surface area (Å²) >= 11 is 5.89. The third kappa shape index (κ3) is 6.76. The maximum atomic E-state index is 14.6. The summed E-state index contributed by atoms with van der Waals surface area (Å²) in [5, 5.41) is 2.41. The number of nitrogens with zero attached hydrogens (tertiary/aromatic N) is 2. The van der Waals surface area contributed by atoms with Crippen LogP contribution in [0.4, 0.5) is 4.39 Å². The van der Waals surface area contributed by atoms with Crippen molar-refractivity contribution in [1.82, 2.24) is 14.8 Å². The first-order valence-corrected chi connectivity index (χ1v) is 16.2. The van der Waals surface area contributed by atoms with E-state index in [1.54, 1.807) is 30.9 Å². The molecule has 1 aliphatic heterocycles. The number of hydrogen-bond acceptors (Lipinski definition) is 8. The summed E-state index contributed by atoms with van der Waals surface area (Å²) in [5.74, 6) is -4.40. The van der Waals surface area contributed by atoms with Crippen LogP contribution < -0.4 is 15.5 Å². The number of amides is 2. The van der Waals surface area contributed by atoms with Crippen LogP contribution in [0.25, 0.3) is 0 Å². The second-order valence-corrected chi connectivity index (χ2v) is 12.9. The molecule has 4 aromatic rings. The van der Waals surface area contributed by atoms with E-state index < -0.39 is 51.9 Å². The largest absolute Gasteiger partial charge is 0.457 e. The Balaban J connectivity index is 1.34. The normalized spacial score (nSPS) is 17.9. The number of aromatic nitrogens is 1. The first kappa shape index (κ1) is 34.5. The molecule has 0 atom stereocenters. The van der Waals surface area contributed by atoms with Gasteiger partial charge in [-0.15, -0.1) is 0 Å². The van der Waals surface area contributed by atoms with Crippen molar-refractivity contribution in [3.8, 4) is 5.75 Å². The molecule has 258 valence electrons. The van der Waals surface area contributed by atoms with Crippen LogP contribution in [0, 0.1) is 11.7 Å². The van der Waals surface area contributed by atoms with Gasteiger partial charge in [0.1, 0.15) is 18.0 Å². The molecule has 1 fully saturated rings. The maximum absolute atomic E-state index is 14.6. The SMILES string of the molecule is COC[C@H]1C[C@]2(CN(C)C(=O)c3c(OC(=O)c4cccc(C(=O)OCc5ccccc5)c4)c(=O)c(C(=O)NCc4cccc(Cl)c4F)cn32)C1. The molecule has 0 unspecified atom stereocenters. The van der Waals surface area contributed by atoms with Crippen LogP contribution in [-0.2, 0) is 28.2 Å². The number of ether oxygens (including phenoxy) is 3. The van der Waals surface area contributed by atoms with Gasteiger partial charge in [0.15, 0.2) is 5.69 Å². The van der Waals surface area contributed by atoms with Gasteiger partial charge < -0.3 is 29.0 Å². The number of pyridine rings is 1. The Labute approximate surface area is 291 Å². The van der Waals surface area contributed by atoms with E-state index in [0.29, 0.717) is 19.4 Å². The molecule has 6 rings (SSSR count). The zero-order valence-corrected chi connectivity index (χ0v) is 28.0. The molecule has 2 amide bonds. The molecule has 0 bridgehead atoms. The lowest BCUT2D eigenvalue weighted by Gasteiger charge is -2.54. The van der Waals surface area contributed by atoms with E-state index in [-0.39, 0.29) is 53.0 Å². The number of fused-ring (bicyclic) bond motifs is 2. The number of carbonyl (C=O) groups is 4. The average molecular weight is 702 g/mol. The highest BCUT2D eigenvalue weighted by Gasteiger charge is 2.52. The predicted molar refractivity (Wildman–Crippen MR) is 180 cm³/mol. The standard InChI is InChI=1S/C37H33ClFN3O8/c1-41-21-37(15-23(16-37)19-48-2)42-18-27(33(44)40-17-26-12-7-13-28(38)29(26)39)31(43)32(30(42)34(41)45)50-36(47)25-11-6-10-24(14-25)35(46)49-20-22-8-4-3-5-9-22/h3-14,18,23H,15-17,19-21H2,1-2H3,(H,40,44)/t23-,37+. The third-order valence-electron chi connectivity index (χ3n) is 8.95. The Morgan fingerprint density at radius 1 is 0.980 bits per heavy atom. The summed E-state index contributed by atoms with van der Waals surface area (Å²) in [6, 6.07) is 18.9. The van der Waals surface area contributed by atoms with Gasteiger partial charge in [0.25, 0.3) is 11.8 Å². The molecular weight excluding hydrogens is 669 g/mol. The van der Waals surface area contributed by atoms with Gasteiger partial charge >= 0.3 is 11.9 Å². The molecule has 50 heavy (non-hydrogen) atoms. The molecule has 0 saturated heterocycles. The molecule has 2 aliphatic rings. The molecule has 3 aromatic carbocycles. The summed E-state index contributed by atoms with van der Waals surface area (Å²) < 4.78 is 32.5. The maximum Gasteiger partial charge on any atom is 0.343 e. The van der Waals surface area contributed by atoms with Gasteiger partial charge in [0.2, 0.25) is 11.2 Å². The van der Waals surface area contributed by atoms with Crippen molar-refractivity contribution in [1.29, 1.82) is 0 Å². The van der Waals surface area contributed by atoms with E-state index in [9.17, 15) is 28.4 Å². The van der Waals surface area contributed by atoms with Crippen LogP contribution in [0.15, 0.2) is 83.8 Å². The highest BCUT2D eigenvalue weighted by molar-refractivity contribution is 6.30. The number of esters is 2. The van der Waals surface area contributed by atoms with Gasteiger partial charge in [-0.3, -0.25) is 14.4 Å². The van der Waals surface area contributed by atoms with E-state index in [1.165, 1.54) is 53.6 Å². The highest BCUT2D eigenvalue weighted by atomic mass is 35.5. The molecule has 1 saturated carbocycles. The molecule has 1 N–H and O–H groups in total. The van der Waals surface area contributed by atoms with Crippen molar-refractivity contribution in [2.45, 2.75) is 31.5 Å². The van der Waals surface area contributed by atoms with Crippen molar-refractivity contribution in [3.63, 3.8) is 0 Å². The Morgan fingerprint density at radius 2 is 1.68 bits per heavy atom. The second kappa shape index (κ2) is 14.3. The summed E-state index contributed by atoms with van der Waals surface area (Å²) in [4.78, 5) is 69.1. The number of likely N-dealkylation sites (N-methyl/N-ethyl adjacent to an activating group) is 1. The van der Waals surface area contributed by atoms with E-state index in [4.69, 9.17) is 25.8 Å². The summed E-state index contributed by atoms with van der Waals surface area (Å²) in [5.41, 5.74) is -1.51. The van der Waals surface area contributed by atoms with E-state index in [1.807, 2.05) is 18.2 Å². The van der Waals surface area contributed by atoms with Crippen LogP contribution in [-0.4, -0.2) is 60.5 Å². The number of hydrogen-bond donors (Lipinski definition) is 1. The molecule has 13 heteroatoms. The smallest absolute Gasteiger partial charge is 0.343 e. The Kier molecular flexibility index (Phi) is 9.85. The minimum absolute atomic E-state index is 0.0126. The van der Waals surface area contributed by atoms with Crippen LogP contribution >= 0.6 is 11.6 Å². The molecule has 1 spiro atoms. The molecular formula is C37H33ClFN3O8. The lowest BCUT2D eigenvalue weighted by molar-refractivity contribution is -0.0190. The van der Waals surface area contributed by atoms with Gasteiger partial charge in [-0.05, 0) is 48.6 Å². The second-order valence-electron chi connectivity index (χ2n) is 12.5. The number of benzene rings is 3. The molecule has 0 radical (unpaired) electrons. The van der Waals surface area contributed by atoms with Crippen LogP contribution in [0.5, 0.6) is 5.75 Å². The summed E-state index contributed by atoms with van der Waals surface area (Å²) in [6.45, 7) is 0.465. The third-order valence-corrected chi connectivity index (χ3v) is 9.25. The fourth-order valence-corrected chi connectivity index (χ4v) is 6.77. The number of halogens is 2. The van der Waals surface area contributed by atoms with Crippen LogP contribution in [0.1, 0.15) is 65.5 Å². The number of nitrogens with one attached hydrogen (secondary N) is 1. The lowest BCUT2D eigenvalue weighted by atomic mass is 9.67. The van der Waals surface area contributed by atoms with Gasteiger partial charge in [0.05, 0.1) is 21.7 Å². The van der Waals surface area contributed by atoms with Crippen molar-refractivity contribution >= 4 is 35.4 Å². The molecule has 11 nitrogen and oxygen atoms in total. The fraction of sp³-hybridized carbons (Fsp3) is 0.270. The molecule has 1 aliphatic carbocycles. The van der Waals surface area contributed by atoms with Crippen molar-refractivity contribution < 1.29 is 37.8 Å². The van der Waals surface area contributed by atoms with Crippen LogP contribution in [0.3, 0.4) is 0 Å². The lowest BCUT2D eigenvalue weighted by Crippen LogP contribution is -2.60. The van der Waals surface area contributed by atoms with E-state index >= 15 is 0 Å². The minimum atomic E-state index is -1.04. The first-order valence-electron chi connectivity index (χ1n) is 15.8. The Bertz CT molecular complexity index is 2040. The quantitative estimate of drug-likeness (QED) is 0.229. The zero-order chi connectivity index (χ0) is 35.6.